The van der Waals surface area contributed by atoms with Gasteiger partial charge in [0.1, 0.15) is 11.7 Å². The molecule has 0 bridgehead atoms. The molecule has 2 aliphatic heterocycles. The highest BCUT2D eigenvalue weighted by molar-refractivity contribution is 5.98. The summed E-state index contributed by atoms with van der Waals surface area (Å²) in [4.78, 5) is 33.1. The number of piperidine rings is 1. The monoisotopic (exact) mass is 568 g/mol. The molecule has 42 heavy (non-hydrogen) atoms. The third kappa shape index (κ3) is 6.78. The normalized spacial score (nSPS) is 16.8. The number of hydrogen-bond acceptors (Lipinski definition) is 3. The number of halogens is 1. The lowest BCUT2D eigenvalue weighted by Crippen LogP contribution is -2.42. The third-order valence-electron chi connectivity index (χ3n) is 8.02. The van der Waals surface area contributed by atoms with E-state index in [1.165, 1.54) is 0 Å². The molecule has 0 unspecified atom stereocenters. The van der Waals surface area contributed by atoms with Crippen molar-refractivity contribution in [3.8, 4) is 11.1 Å². The highest BCUT2D eigenvalue weighted by Gasteiger charge is 2.28. The maximum Gasteiger partial charge on any atom is 0.253 e. The number of amidine groups is 1. The van der Waals surface area contributed by atoms with Crippen LogP contribution in [-0.4, -0.2) is 40.5 Å². The highest BCUT2D eigenvalue weighted by atomic mass is 19.1. The van der Waals surface area contributed by atoms with E-state index in [0.29, 0.717) is 55.0 Å². The second kappa shape index (κ2) is 13.6. The van der Waals surface area contributed by atoms with Crippen LogP contribution in [0.2, 0.25) is 0 Å². The largest absolute Gasteiger partial charge is 0.387 e. The first-order valence-corrected chi connectivity index (χ1v) is 14.7. The molecule has 0 spiro atoms. The fourth-order valence-corrected chi connectivity index (χ4v) is 5.68. The Labute approximate surface area is 248 Å². The molecule has 0 aromatic heterocycles. The van der Waals surface area contributed by atoms with Gasteiger partial charge >= 0.3 is 0 Å². The first kappa shape index (κ1) is 30.7. The summed E-state index contributed by atoms with van der Waals surface area (Å²) in [6.07, 6.45) is 8.73. The second-order valence-corrected chi connectivity index (χ2v) is 11.0. The summed E-state index contributed by atoms with van der Waals surface area (Å²) >= 11 is 0. The Kier molecular flexibility index (Phi) is 9.94. The van der Waals surface area contributed by atoms with E-state index in [1.807, 2.05) is 85.3 Å². The number of aliphatic imine (C=N–C) groups is 1. The molecule has 1 fully saturated rings. The van der Waals surface area contributed by atoms with Crippen molar-refractivity contribution in [2.24, 2.45) is 16.6 Å². The van der Waals surface area contributed by atoms with Gasteiger partial charge in [0.2, 0.25) is 5.91 Å². The SMILES string of the molecule is C=C1C=C(C(=O)N2CCC(C(N)=NC(=O)CCC)CC2)C=CN1/C(C)=C(\CC)c1ccccc1-c1ccc(C)cc1F. The van der Waals surface area contributed by atoms with Crippen molar-refractivity contribution in [2.45, 2.75) is 59.8 Å². The van der Waals surface area contributed by atoms with Gasteiger partial charge in [-0.3, -0.25) is 9.59 Å². The van der Waals surface area contributed by atoms with Crippen molar-refractivity contribution < 1.29 is 14.0 Å². The van der Waals surface area contributed by atoms with Gasteiger partial charge in [-0.2, -0.15) is 0 Å². The predicted octanol–water partition coefficient (Wildman–Crippen LogP) is 7.13. The zero-order valence-corrected chi connectivity index (χ0v) is 25.1. The number of hydrogen-bond donors (Lipinski definition) is 1. The maximum absolute atomic E-state index is 15.0. The summed E-state index contributed by atoms with van der Waals surface area (Å²) in [6.45, 7) is 13.3. The van der Waals surface area contributed by atoms with Crippen LogP contribution in [0, 0.1) is 18.7 Å². The number of carbonyl (C=O) groups is 2. The molecule has 1 saturated heterocycles. The van der Waals surface area contributed by atoms with Crippen LogP contribution in [0.25, 0.3) is 16.7 Å². The number of likely N-dealkylation sites (tertiary alicyclic amines) is 1. The number of carbonyl (C=O) groups excluding carboxylic acids is 2. The molecule has 0 radical (unpaired) electrons. The topological polar surface area (TPSA) is 79.0 Å². The van der Waals surface area contributed by atoms with Gasteiger partial charge in [0.05, 0.1) is 0 Å². The van der Waals surface area contributed by atoms with Crippen LogP contribution in [-0.2, 0) is 9.59 Å². The van der Waals surface area contributed by atoms with Crippen molar-refractivity contribution in [2.75, 3.05) is 13.1 Å². The average Bonchev–Trinajstić information content (AvgIpc) is 2.97. The number of allylic oxidation sites excluding steroid dienone is 3. The van der Waals surface area contributed by atoms with Crippen molar-refractivity contribution in [1.29, 1.82) is 0 Å². The van der Waals surface area contributed by atoms with Crippen LogP contribution in [0.1, 0.15) is 64.0 Å². The van der Waals surface area contributed by atoms with Gasteiger partial charge in [-0.05, 0) is 80.0 Å². The molecule has 2 aliphatic rings. The van der Waals surface area contributed by atoms with E-state index in [1.54, 1.807) is 6.07 Å². The lowest BCUT2D eigenvalue weighted by atomic mass is 9.91. The molecular weight excluding hydrogens is 527 g/mol. The van der Waals surface area contributed by atoms with Crippen LogP contribution in [0.3, 0.4) is 0 Å². The summed E-state index contributed by atoms with van der Waals surface area (Å²) < 4.78 is 15.0. The van der Waals surface area contributed by atoms with E-state index >= 15 is 0 Å². The van der Waals surface area contributed by atoms with Gasteiger partial charge in [-0.25, -0.2) is 9.38 Å². The number of nitrogens with zero attached hydrogens (tertiary/aromatic N) is 3. The molecule has 0 saturated carbocycles. The molecule has 0 aliphatic carbocycles. The van der Waals surface area contributed by atoms with Crippen LogP contribution < -0.4 is 5.73 Å². The van der Waals surface area contributed by atoms with E-state index < -0.39 is 0 Å². The third-order valence-corrected chi connectivity index (χ3v) is 8.02. The smallest absolute Gasteiger partial charge is 0.253 e. The van der Waals surface area contributed by atoms with E-state index in [9.17, 15) is 14.0 Å². The molecule has 220 valence electrons. The Morgan fingerprint density at radius 1 is 1.10 bits per heavy atom. The highest BCUT2D eigenvalue weighted by Crippen LogP contribution is 2.36. The first-order chi connectivity index (χ1) is 20.1. The van der Waals surface area contributed by atoms with Gasteiger partial charge in [0.15, 0.2) is 0 Å². The van der Waals surface area contributed by atoms with Gasteiger partial charge in [-0.15, -0.1) is 0 Å². The molecule has 2 aromatic carbocycles. The standard InChI is InChI=1S/C35H41FN4O2/c1-6-10-33(41)38-34(37)26-15-18-39(19-16-26)35(42)27-17-20-40(24(4)22-27)25(5)28(7-2)29-11-8-9-12-30(29)31-14-13-23(3)21-32(31)36/h8-9,11-14,17,20-22,26H,4,6-7,10,15-16,18-19H2,1-3,5H3,(H2,37,38,41)/b28-25+. The fraction of sp³-hybridized carbons (Fsp3) is 0.343. The van der Waals surface area contributed by atoms with Crippen LogP contribution in [0.5, 0.6) is 0 Å². The molecule has 2 aromatic rings. The van der Waals surface area contributed by atoms with Crippen LogP contribution >= 0.6 is 0 Å². The molecular formula is C35H41FN4O2. The number of nitrogens with two attached hydrogens (primary N) is 1. The van der Waals surface area contributed by atoms with E-state index in [-0.39, 0.29) is 23.5 Å². The van der Waals surface area contributed by atoms with E-state index in [4.69, 9.17) is 5.73 Å². The minimum Gasteiger partial charge on any atom is -0.387 e. The Balaban J connectivity index is 1.50. The van der Waals surface area contributed by atoms with Crippen molar-refractivity contribution in [3.63, 3.8) is 0 Å². The number of rotatable bonds is 8. The molecule has 2 amide bonds. The minimum atomic E-state index is -0.243. The van der Waals surface area contributed by atoms with E-state index in [0.717, 1.165) is 40.8 Å². The molecule has 7 heteroatoms. The summed E-state index contributed by atoms with van der Waals surface area (Å²) in [6, 6.07) is 13.2. The molecule has 0 atom stereocenters. The van der Waals surface area contributed by atoms with Gasteiger partial charge in [-0.1, -0.05) is 56.8 Å². The Hall–Kier alpha value is -4.26. The number of amides is 2. The summed E-state index contributed by atoms with van der Waals surface area (Å²) in [5.41, 5.74) is 12.6. The summed E-state index contributed by atoms with van der Waals surface area (Å²) in [5, 5.41) is 0. The van der Waals surface area contributed by atoms with Gasteiger partial charge in [0, 0.05) is 54.2 Å². The van der Waals surface area contributed by atoms with Crippen LogP contribution in [0.15, 0.2) is 89.4 Å². The van der Waals surface area contributed by atoms with E-state index in [2.05, 4.69) is 18.5 Å². The fourth-order valence-electron chi connectivity index (χ4n) is 5.68. The Morgan fingerprint density at radius 2 is 1.81 bits per heavy atom. The van der Waals surface area contributed by atoms with Crippen molar-refractivity contribution >= 4 is 23.2 Å². The molecule has 2 N–H and O–H groups in total. The number of aryl methyl sites for hydroxylation is 1. The second-order valence-electron chi connectivity index (χ2n) is 11.0. The molecule has 6 nitrogen and oxygen atoms in total. The average molecular weight is 569 g/mol. The quantitative estimate of drug-likeness (QED) is 0.271. The summed E-state index contributed by atoms with van der Waals surface area (Å²) in [7, 11) is 0. The zero-order chi connectivity index (χ0) is 30.4. The lowest BCUT2D eigenvalue weighted by molar-refractivity contribution is -0.128. The lowest BCUT2D eigenvalue weighted by Gasteiger charge is -2.33. The van der Waals surface area contributed by atoms with Gasteiger partial charge < -0.3 is 15.5 Å². The first-order valence-electron chi connectivity index (χ1n) is 14.7. The van der Waals surface area contributed by atoms with Crippen molar-refractivity contribution in [1.82, 2.24) is 9.80 Å². The Bertz CT molecular complexity index is 1490. The van der Waals surface area contributed by atoms with Crippen molar-refractivity contribution in [3.05, 3.63) is 101 Å². The maximum atomic E-state index is 15.0. The minimum absolute atomic E-state index is 0.00713. The number of benzene rings is 2. The van der Waals surface area contributed by atoms with Gasteiger partial charge in [0.25, 0.3) is 5.91 Å². The zero-order valence-electron chi connectivity index (χ0n) is 25.1. The Morgan fingerprint density at radius 3 is 2.45 bits per heavy atom. The molecule has 2 heterocycles. The summed E-state index contributed by atoms with van der Waals surface area (Å²) in [5.74, 6) is -0.0984. The predicted molar refractivity (Wildman–Crippen MR) is 169 cm³/mol. The molecule has 4 rings (SSSR count). The van der Waals surface area contributed by atoms with Crippen LogP contribution in [0.4, 0.5) is 4.39 Å².